The average molecular weight is 234 g/mol. The van der Waals surface area contributed by atoms with Gasteiger partial charge >= 0.3 is 0 Å². The topological polar surface area (TPSA) is 75.2 Å². The molecule has 0 radical (unpaired) electrons. The monoisotopic (exact) mass is 234 g/mol. The molecule has 17 heavy (non-hydrogen) atoms. The fourth-order valence-corrected chi connectivity index (χ4v) is 1.48. The first kappa shape index (κ1) is 11.4. The zero-order valence-corrected chi connectivity index (χ0v) is 9.75. The van der Waals surface area contributed by atoms with Crippen molar-refractivity contribution in [3.63, 3.8) is 0 Å². The van der Waals surface area contributed by atoms with Crippen LogP contribution in [0, 0.1) is 0 Å². The second kappa shape index (κ2) is 4.84. The van der Waals surface area contributed by atoms with E-state index in [1.54, 1.807) is 31.2 Å². The average Bonchev–Trinajstić information content (AvgIpc) is 2.86. The van der Waals surface area contributed by atoms with Gasteiger partial charge in [0.25, 0.3) is 0 Å². The van der Waals surface area contributed by atoms with Crippen LogP contribution in [0.4, 0.5) is 0 Å². The predicted octanol–water partition coefficient (Wildman–Crippen LogP) is 0.743. The lowest BCUT2D eigenvalue weighted by molar-refractivity contribution is 0.392. The molecule has 0 saturated carbocycles. The highest BCUT2D eigenvalue weighted by atomic mass is 16.5. The Bertz CT molecular complexity index is 510. The molecule has 0 amide bonds. The molecule has 0 bridgehead atoms. The third kappa shape index (κ3) is 2.21. The van der Waals surface area contributed by atoms with Crippen LogP contribution in [-0.2, 0) is 6.54 Å². The lowest BCUT2D eigenvalue weighted by Gasteiger charge is -2.09. The first-order valence-corrected chi connectivity index (χ1v) is 5.12. The summed E-state index contributed by atoms with van der Waals surface area (Å²) in [6, 6.07) is 5.48. The van der Waals surface area contributed by atoms with Crippen LogP contribution in [-0.4, -0.2) is 29.2 Å². The van der Waals surface area contributed by atoms with Gasteiger partial charge in [0.2, 0.25) is 0 Å². The lowest BCUT2D eigenvalue weighted by Crippen LogP contribution is -1.99. The Morgan fingerprint density at radius 2 is 2.12 bits per heavy atom. The summed E-state index contributed by atoms with van der Waals surface area (Å²) in [7, 11) is 3.20. The molecule has 2 rings (SSSR count). The summed E-state index contributed by atoms with van der Waals surface area (Å²) in [4.78, 5) is 0. The number of nitrogens with zero attached hydrogens (tertiary/aromatic N) is 3. The van der Waals surface area contributed by atoms with E-state index in [1.165, 1.54) is 0 Å². The van der Waals surface area contributed by atoms with Crippen LogP contribution in [0.3, 0.4) is 0 Å². The van der Waals surface area contributed by atoms with E-state index >= 15 is 0 Å². The Morgan fingerprint density at radius 3 is 2.71 bits per heavy atom. The predicted molar refractivity (Wildman–Crippen MR) is 62.4 cm³/mol. The molecule has 2 aromatic rings. The van der Waals surface area contributed by atoms with Gasteiger partial charge in [-0.2, -0.15) is 0 Å². The summed E-state index contributed by atoms with van der Waals surface area (Å²) in [6.07, 6.45) is 1.77. The van der Waals surface area contributed by atoms with E-state index in [0.29, 0.717) is 12.3 Å². The maximum atomic E-state index is 5.49. The van der Waals surface area contributed by atoms with Gasteiger partial charge in [-0.25, -0.2) is 4.68 Å². The van der Waals surface area contributed by atoms with Gasteiger partial charge in [-0.1, -0.05) is 5.21 Å². The molecule has 0 atom stereocenters. The fourth-order valence-electron chi connectivity index (χ4n) is 1.48. The molecule has 90 valence electrons. The summed E-state index contributed by atoms with van der Waals surface area (Å²) >= 11 is 0. The van der Waals surface area contributed by atoms with Crippen molar-refractivity contribution >= 4 is 0 Å². The minimum atomic E-state index is 0.360. The number of benzene rings is 1. The molecule has 0 aliphatic heterocycles. The number of nitrogens with two attached hydrogens (primary N) is 1. The molecule has 6 nitrogen and oxygen atoms in total. The molecule has 0 fully saturated rings. The third-order valence-corrected chi connectivity index (χ3v) is 2.38. The first-order chi connectivity index (χ1) is 8.28. The van der Waals surface area contributed by atoms with Gasteiger partial charge < -0.3 is 15.2 Å². The zero-order chi connectivity index (χ0) is 12.3. The van der Waals surface area contributed by atoms with Crippen LogP contribution in [0.5, 0.6) is 11.5 Å². The number of hydrogen-bond donors (Lipinski definition) is 1. The van der Waals surface area contributed by atoms with E-state index in [-0.39, 0.29) is 0 Å². The van der Waals surface area contributed by atoms with Gasteiger partial charge in [-0.15, -0.1) is 5.10 Å². The highest BCUT2D eigenvalue weighted by molar-refractivity contribution is 5.50. The van der Waals surface area contributed by atoms with Crippen molar-refractivity contribution in [1.29, 1.82) is 0 Å². The molecular formula is C11H14N4O2. The second-order valence-corrected chi connectivity index (χ2v) is 3.40. The maximum absolute atomic E-state index is 5.49. The number of methoxy groups -OCH3 is 2. The van der Waals surface area contributed by atoms with Crippen molar-refractivity contribution in [2.45, 2.75) is 6.54 Å². The standard InChI is InChI=1S/C11H14N4O2/c1-16-9-3-4-10(11(5-9)17-2)15-7-8(6-12)13-14-15/h3-5,7H,6,12H2,1-2H3. The molecule has 0 aliphatic rings. The number of hydrogen-bond acceptors (Lipinski definition) is 5. The summed E-state index contributed by atoms with van der Waals surface area (Å²) < 4.78 is 12.0. The highest BCUT2D eigenvalue weighted by Crippen LogP contribution is 2.27. The van der Waals surface area contributed by atoms with E-state index in [4.69, 9.17) is 15.2 Å². The first-order valence-electron chi connectivity index (χ1n) is 5.12. The Morgan fingerprint density at radius 1 is 1.29 bits per heavy atom. The number of rotatable bonds is 4. The minimum absolute atomic E-state index is 0.360. The van der Waals surface area contributed by atoms with Gasteiger partial charge in [0.1, 0.15) is 17.2 Å². The molecular weight excluding hydrogens is 220 g/mol. The van der Waals surface area contributed by atoms with Gasteiger partial charge in [0.15, 0.2) is 0 Å². The van der Waals surface area contributed by atoms with Crippen molar-refractivity contribution in [2.75, 3.05) is 14.2 Å². The Labute approximate surface area is 98.9 Å². The van der Waals surface area contributed by atoms with E-state index in [0.717, 1.165) is 17.1 Å². The van der Waals surface area contributed by atoms with Crippen LogP contribution in [0.15, 0.2) is 24.4 Å². The molecule has 0 aliphatic carbocycles. The Kier molecular flexibility index (Phi) is 3.24. The third-order valence-electron chi connectivity index (χ3n) is 2.38. The van der Waals surface area contributed by atoms with Gasteiger partial charge in [-0.05, 0) is 12.1 Å². The largest absolute Gasteiger partial charge is 0.497 e. The Balaban J connectivity index is 2.43. The smallest absolute Gasteiger partial charge is 0.148 e. The highest BCUT2D eigenvalue weighted by Gasteiger charge is 2.09. The number of aromatic nitrogens is 3. The van der Waals surface area contributed by atoms with Crippen LogP contribution < -0.4 is 15.2 Å². The summed E-state index contributed by atoms with van der Waals surface area (Å²) in [5, 5.41) is 7.92. The van der Waals surface area contributed by atoms with E-state index in [9.17, 15) is 0 Å². The van der Waals surface area contributed by atoms with Gasteiger partial charge in [-0.3, -0.25) is 0 Å². The van der Waals surface area contributed by atoms with Crippen LogP contribution in [0.25, 0.3) is 5.69 Å². The summed E-state index contributed by atoms with van der Waals surface area (Å²) in [6.45, 7) is 0.360. The van der Waals surface area contributed by atoms with Crippen molar-refractivity contribution in [1.82, 2.24) is 15.0 Å². The number of ether oxygens (including phenoxy) is 2. The molecule has 1 aromatic heterocycles. The molecule has 0 spiro atoms. The second-order valence-electron chi connectivity index (χ2n) is 3.40. The summed E-state index contributed by atoms with van der Waals surface area (Å²) in [5.41, 5.74) is 7.01. The van der Waals surface area contributed by atoms with Crippen LogP contribution in [0.1, 0.15) is 5.69 Å². The minimum Gasteiger partial charge on any atom is -0.497 e. The molecule has 1 aromatic carbocycles. The van der Waals surface area contributed by atoms with Crippen molar-refractivity contribution in [3.05, 3.63) is 30.1 Å². The van der Waals surface area contributed by atoms with Crippen LogP contribution >= 0.6 is 0 Å². The molecule has 1 heterocycles. The van der Waals surface area contributed by atoms with E-state index < -0.39 is 0 Å². The van der Waals surface area contributed by atoms with Crippen molar-refractivity contribution in [2.24, 2.45) is 5.73 Å². The molecule has 0 unspecified atom stereocenters. The van der Waals surface area contributed by atoms with E-state index in [2.05, 4.69) is 10.3 Å². The maximum Gasteiger partial charge on any atom is 0.148 e. The molecule has 2 N–H and O–H groups in total. The zero-order valence-electron chi connectivity index (χ0n) is 9.75. The normalized spacial score (nSPS) is 10.3. The quantitative estimate of drug-likeness (QED) is 0.844. The molecule has 6 heteroatoms. The van der Waals surface area contributed by atoms with Crippen molar-refractivity contribution < 1.29 is 9.47 Å². The van der Waals surface area contributed by atoms with Crippen molar-refractivity contribution in [3.8, 4) is 17.2 Å². The fraction of sp³-hybridized carbons (Fsp3) is 0.273. The van der Waals surface area contributed by atoms with Crippen LogP contribution in [0.2, 0.25) is 0 Å². The lowest BCUT2D eigenvalue weighted by atomic mass is 10.2. The van der Waals surface area contributed by atoms with Gasteiger partial charge in [0, 0.05) is 12.6 Å². The summed E-state index contributed by atoms with van der Waals surface area (Å²) in [5.74, 6) is 1.39. The Hall–Kier alpha value is -2.08. The SMILES string of the molecule is COc1ccc(-n2cc(CN)nn2)c(OC)c1. The van der Waals surface area contributed by atoms with Gasteiger partial charge in [0.05, 0.1) is 26.1 Å². The molecule has 0 saturated heterocycles. The van der Waals surface area contributed by atoms with E-state index in [1.807, 2.05) is 12.1 Å².